The van der Waals surface area contributed by atoms with E-state index in [1.165, 1.54) is 0 Å². The number of benzene rings is 1. The molecule has 0 amide bonds. The van der Waals surface area contributed by atoms with Crippen LogP contribution in [0.25, 0.3) is 0 Å². The van der Waals surface area contributed by atoms with Crippen molar-refractivity contribution in [3.63, 3.8) is 0 Å². The number of ether oxygens (including phenoxy) is 1. The number of ketones is 1. The minimum absolute atomic E-state index is 0.176. The van der Waals surface area contributed by atoms with Gasteiger partial charge in [-0.15, -0.1) is 0 Å². The van der Waals surface area contributed by atoms with E-state index in [2.05, 4.69) is 0 Å². The summed E-state index contributed by atoms with van der Waals surface area (Å²) in [5.41, 5.74) is 0.442. The van der Waals surface area contributed by atoms with Crippen LogP contribution >= 0.6 is 0 Å². The maximum atomic E-state index is 12.3. The van der Waals surface area contributed by atoms with E-state index < -0.39 is 5.41 Å². The van der Waals surface area contributed by atoms with Gasteiger partial charge in [0.25, 0.3) is 0 Å². The lowest BCUT2D eigenvalue weighted by Crippen LogP contribution is -2.40. The van der Waals surface area contributed by atoms with Gasteiger partial charge in [0.1, 0.15) is 5.78 Å². The molecule has 0 N–H and O–H groups in total. The molecular weight excluding hydrogens is 240 g/mol. The van der Waals surface area contributed by atoms with Crippen molar-refractivity contribution in [1.82, 2.24) is 0 Å². The normalized spacial score (nSPS) is 23.1. The number of carbonyl (C=O) groups excluding carboxylic acids is 2. The standard InChI is InChI=1S/C16H20O3/c1-2-19-15(18)16(10-6-9-14(17)12-16)11-13-7-4-3-5-8-13/h3-5,7-8H,2,6,9-12H2,1H3/t16-/m1/s1. The molecule has 0 radical (unpaired) electrons. The molecular formula is C16H20O3. The van der Waals surface area contributed by atoms with Crippen molar-refractivity contribution >= 4 is 11.8 Å². The van der Waals surface area contributed by atoms with Crippen LogP contribution in [0.15, 0.2) is 30.3 Å². The zero-order valence-electron chi connectivity index (χ0n) is 11.4. The van der Waals surface area contributed by atoms with Gasteiger partial charge >= 0.3 is 5.97 Å². The van der Waals surface area contributed by atoms with Gasteiger partial charge in [0.2, 0.25) is 0 Å². The summed E-state index contributed by atoms with van der Waals surface area (Å²) in [6.07, 6.45) is 3.03. The molecule has 1 saturated carbocycles. The summed E-state index contributed by atoms with van der Waals surface area (Å²) in [5, 5.41) is 0. The van der Waals surface area contributed by atoms with Crippen LogP contribution in [0, 0.1) is 5.41 Å². The Kier molecular flexibility index (Phi) is 4.35. The van der Waals surface area contributed by atoms with E-state index in [1.54, 1.807) is 6.92 Å². The van der Waals surface area contributed by atoms with Crippen LogP contribution < -0.4 is 0 Å². The molecule has 1 aliphatic rings. The number of rotatable bonds is 4. The Morgan fingerprint density at radius 1 is 1.32 bits per heavy atom. The number of hydrogen-bond donors (Lipinski definition) is 0. The molecule has 0 aliphatic heterocycles. The Bertz CT molecular complexity index is 452. The molecule has 3 heteroatoms. The van der Waals surface area contributed by atoms with Crippen LogP contribution in [-0.2, 0) is 20.7 Å². The van der Waals surface area contributed by atoms with Gasteiger partial charge < -0.3 is 4.74 Å². The monoisotopic (exact) mass is 260 g/mol. The third-order valence-corrected chi connectivity index (χ3v) is 3.74. The Morgan fingerprint density at radius 3 is 2.68 bits per heavy atom. The first-order chi connectivity index (χ1) is 9.16. The maximum Gasteiger partial charge on any atom is 0.312 e. The van der Waals surface area contributed by atoms with Crippen LogP contribution in [-0.4, -0.2) is 18.4 Å². The fraction of sp³-hybridized carbons (Fsp3) is 0.500. The average Bonchev–Trinajstić information content (AvgIpc) is 2.40. The smallest absolute Gasteiger partial charge is 0.312 e. The zero-order valence-corrected chi connectivity index (χ0v) is 11.4. The molecule has 1 atom stereocenters. The van der Waals surface area contributed by atoms with Gasteiger partial charge in [-0.05, 0) is 31.7 Å². The lowest BCUT2D eigenvalue weighted by molar-refractivity contribution is -0.159. The van der Waals surface area contributed by atoms with Crippen molar-refractivity contribution in [3.8, 4) is 0 Å². The molecule has 0 saturated heterocycles. The molecule has 3 nitrogen and oxygen atoms in total. The van der Waals surface area contributed by atoms with Crippen molar-refractivity contribution in [1.29, 1.82) is 0 Å². The molecule has 1 aliphatic carbocycles. The topological polar surface area (TPSA) is 43.4 Å². The average molecular weight is 260 g/mol. The van der Waals surface area contributed by atoms with Gasteiger partial charge in [-0.25, -0.2) is 0 Å². The van der Waals surface area contributed by atoms with Crippen molar-refractivity contribution in [2.24, 2.45) is 5.41 Å². The molecule has 19 heavy (non-hydrogen) atoms. The second-order valence-corrected chi connectivity index (χ2v) is 5.23. The van der Waals surface area contributed by atoms with E-state index in [-0.39, 0.29) is 11.8 Å². The number of carbonyl (C=O) groups is 2. The Labute approximate surface area is 114 Å². The predicted octanol–water partition coefficient (Wildman–Crippen LogP) is 2.92. The fourth-order valence-corrected chi connectivity index (χ4v) is 2.85. The van der Waals surface area contributed by atoms with Crippen molar-refractivity contribution in [3.05, 3.63) is 35.9 Å². The Hall–Kier alpha value is -1.64. The molecule has 0 aromatic heterocycles. The summed E-state index contributed by atoms with van der Waals surface area (Å²) in [7, 11) is 0. The number of esters is 1. The molecule has 1 fully saturated rings. The van der Waals surface area contributed by atoms with Gasteiger partial charge in [0.05, 0.1) is 12.0 Å². The van der Waals surface area contributed by atoms with Gasteiger partial charge in [0.15, 0.2) is 0 Å². The van der Waals surface area contributed by atoms with E-state index in [4.69, 9.17) is 4.74 Å². The van der Waals surface area contributed by atoms with Crippen LogP contribution in [0.4, 0.5) is 0 Å². The van der Waals surface area contributed by atoms with E-state index in [9.17, 15) is 9.59 Å². The Morgan fingerprint density at radius 2 is 2.05 bits per heavy atom. The fourth-order valence-electron chi connectivity index (χ4n) is 2.85. The van der Waals surface area contributed by atoms with Crippen LogP contribution in [0.5, 0.6) is 0 Å². The molecule has 2 rings (SSSR count). The van der Waals surface area contributed by atoms with Gasteiger partial charge in [-0.3, -0.25) is 9.59 Å². The summed E-state index contributed by atoms with van der Waals surface area (Å²) < 4.78 is 5.21. The molecule has 0 spiro atoms. The Balaban J connectivity index is 2.23. The highest BCUT2D eigenvalue weighted by Crippen LogP contribution is 2.39. The summed E-state index contributed by atoms with van der Waals surface area (Å²) in [5.74, 6) is -0.0397. The van der Waals surface area contributed by atoms with E-state index in [0.717, 1.165) is 18.4 Å². The third-order valence-electron chi connectivity index (χ3n) is 3.74. The first kappa shape index (κ1) is 13.8. The molecule has 0 bridgehead atoms. The van der Waals surface area contributed by atoms with Crippen LogP contribution in [0.3, 0.4) is 0 Å². The molecule has 1 aromatic carbocycles. The number of hydrogen-bond acceptors (Lipinski definition) is 3. The molecule has 0 heterocycles. The second kappa shape index (κ2) is 6.00. The highest BCUT2D eigenvalue weighted by atomic mass is 16.5. The van der Waals surface area contributed by atoms with Crippen molar-refractivity contribution in [2.75, 3.05) is 6.61 Å². The lowest BCUT2D eigenvalue weighted by atomic mass is 9.70. The maximum absolute atomic E-state index is 12.3. The highest BCUT2D eigenvalue weighted by Gasteiger charge is 2.43. The molecule has 1 aromatic rings. The van der Waals surface area contributed by atoms with Crippen LogP contribution in [0.2, 0.25) is 0 Å². The highest BCUT2D eigenvalue weighted by molar-refractivity contribution is 5.88. The second-order valence-electron chi connectivity index (χ2n) is 5.23. The summed E-state index contributed by atoms with van der Waals surface area (Å²) in [6, 6.07) is 9.87. The van der Waals surface area contributed by atoms with Gasteiger partial charge in [0, 0.05) is 12.8 Å². The van der Waals surface area contributed by atoms with Crippen LogP contribution in [0.1, 0.15) is 38.2 Å². The summed E-state index contributed by atoms with van der Waals surface area (Å²) in [6.45, 7) is 2.17. The number of Topliss-reactive ketones (excluding diaryl/α,β-unsaturated/α-hetero) is 1. The minimum Gasteiger partial charge on any atom is -0.466 e. The SMILES string of the molecule is CCOC(=O)[C@@]1(Cc2ccccc2)CCCC(=O)C1. The quantitative estimate of drug-likeness (QED) is 0.782. The molecule has 0 unspecified atom stereocenters. The van der Waals surface area contributed by atoms with Crippen molar-refractivity contribution in [2.45, 2.75) is 39.0 Å². The van der Waals surface area contributed by atoms with Gasteiger partial charge in [-0.1, -0.05) is 30.3 Å². The van der Waals surface area contributed by atoms with Gasteiger partial charge in [-0.2, -0.15) is 0 Å². The zero-order chi connectivity index (χ0) is 13.7. The third kappa shape index (κ3) is 3.22. The first-order valence-corrected chi connectivity index (χ1v) is 6.89. The predicted molar refractivity (Wildman–Crippen MR) is 72.7 cm³/mol. The summed E-state index contributed by atoms with van der Waals surface area (Å²) in [4.78, 5) is 24.1. The molecule has 102 valence electrons. The summed E-state index contributed by atoms with van der Waals surface area (Å²) >= 11 is 0. The first-order valence-electron chi connectivity index (χ1n) is 6.89. The van der Waals surface area contributed by atoms with E-state index in [1.807, 2.05) is 30.3 Å². The van der Waals surface area contributed by atoms with E-state index >= 15 is 0 Å². The lowest BCUT2D eigenvalue weighted by Gasteiger charge is -2.34. The minimum atomic E-state index is -0.646. The largest absolute Gasteiger partial charge is 0.466 e. The van der Waals surface area contributed by atoms with Crippen molar-refractivity contribution < 1.29 is 14.3 Å². The van der Waals surface area contributed by atoms with E-state index in [0.29, 0.717) is 25.9 Å².